The molecular formula is C21H25ClN4. The molecule has 1 heterocycles. The van der Waals surface area contributed by atoms with Crippen LogP contribution in [0.3, 0.4) is 0 Å². The zero-order valence-electron chi connectivity index (χ0n) is 15.2. The summed E-state index contributed by atoms with van der Waals surface area (Å²) in [7, 11) is 0. The molecule has 3 aromatic rings. The summed E-state index contributed by atoms with van der Waals surface area (Å²) in [6.45, 7) is 4.59. The zero-order valence-corrected chi connectivity index (χ0v) is 15.9. The number of unbranched alkanes of at least 4 members (excludes halogenated alkanes) is 2. The third-order valence-corrected chi connectivity index (χ3v) is 4.51. The van der Waals surface area contributed by atoms with Crippen molar-refractivity contribution < 1.29 is 0 Å². The van der Waals surface area contributed by atoms with E-state index in [1.54, 1.807) is 4.80 Å². The van der Waals surface area contributed by atoms with Crippen molar-refractivity contribution in [3.63, 3.8) is 0 Å². The fourth-order valence-electron chi connectivity index (χ4n) is 2.85. The predicted molar refractivity (Wildman–Crippen MR) is 107 cm³/mol. The lowest BCUT2D eigenvalue weighted by molar-refractivity contribution is 0.569. The van der Waals surface area contributed by atoms with E-state index in [0.29, 0.717) is 6.54 Å². The number of hydrogen-bond donors (Lipinski definition) is 1. The van der Waals surface area contributed by atoms with Crippen molar-refractivity contribution in [2.24, 2.45) is 0 Å². The van der Waals surface area contributed by atoms with Crippen LogP contribution >= 0.6 is 11.6 Å². The minimum Gasteiger partial charge on any atom is -0.311 e. The highest BCUT2D eigenvalue weighted by Gasteiger charge is 2.13. The fraction of sp³-hybridized carbons (Fsp3) is 0.333. The van der Waals surface area contributed by atoms with Crippen LogP contribution in [0.4, 0.5) is 0 Å². The van der Waals surface area contributed by atoms with Gasteiger partial charge in [-0.2, -0.15) is 15.0 Å². The lowest BCUT2D eigenvalue weighted by Gasteiger charge is -2.03. The average Bonchev–Trinajstić information content (AvgIpc) is 3.07. The molecule has 26 heavy (non-hydrogen) atoms. The van der Waals surface area contributed by atoms with Gasteiger partial charge in [-0.15, -0.1) is 0 Å². The molecule has 1 N–H and O–H groups in total. The van der Waals surface area contributed by atoms with Gasteiger partial charge in [0.1, 0.15) is 11.4 Å². The number of nitrogens with one attached hydrogen (secondary N) is 1. The molecule has 0 unspecified atom stereocenters. The third kappa shape index (κ3) is 5.16. The summed E-state index contributed by atoms with van der Waals surface area (Å²) < 4.78 is 0. The Morgan fingerprint density at radius 3 is 2.46 bits per heavy atom. The van der Waals surface area contributed by atoms with Crippen molar-refractivity contribution in [1.29, 1.82) is 0 Å². The summed E-state index contributed by atoms with van der Waals surface area (Å²) in [4.78, 5) is 1.77. The highest BCUT2D eigenvalue weighted by molar-refractivity contribution is 6.30. The normalized spacial score (nSPS) is 11.0. The molecule has 0 radical (unpaired) electrons. The van der Waals surface area contributed by atoms with E-state index in [0.717, 1.165) is 40.6 Å². The monoisotopic (exact) mass is 368 g/mol. The van der Waals surface area contributed by atoms with Crippen LogP contribution in [0.2, 0.25) is 5.02 Å². The SMILES string of the molecule is CCCCCNCc1nn(Cc2ccc(Cl)cc2)nc1-c1ccccc1. The van der Waals surface area contributed by atoms with Gasteiger partial charge in [0, 0.05) is 17.1 Å². The predicted octanol–water partition coefficient (Wildman–Crippen LogP) is 4.93. The van der Waals surface area contributed by atoms with Gasteiger partial charge >= 0.3 is 0 Å². The number of halogens is 1. The van der Waals surface area contributed by atoms with Crippen LogP contribution in [-0.2, 0) is 13.1 Å². The summed E-state index contributed by atoms with van der Waals surface area (Å²) in [5.74, 6) is 0. The lowest BCUT2D eigenvalue weighted by atomic mass is 10.1. The highest BCUT2D eigenvalue weighted by atomic mass is 35.5. The zero-order chi connectivity index (χ0) is 18.2. The molecule has 0 bridgehead atoms. The molecular weight excluding hydrogens is 344 g/mol. The lowest BCUT2D eigenvalue weighted by Crippen LogP contribution is -2.16. The Kier molecular flexibility index (Phi) is 6.81. The molecule has 5 heteroatoms. The van der Waals surface area contributed by atoms with Crippen LogP contribution < -0.4 is 5.32 Å². The maximum Gasteiger partial charge on any atom is 0.117 e. The van der Waals surface area contributed by atoms with Gasteiger partial charge in [0.05, 0.1) is 6.54 Å². The van der Waals surface area contributed by atoms with E-state index in [-0.39, 0.29) is 0 Å². The molecule has 0 amide bonds. The molecule has 0 aliphatic carbocycles. The van der Waals surface area contributed by atoms with Crippen LogP contribution in [0.25, 0.3) is 11.3 Å². The number of nitrogens with zero attached hydrogens (tertiary/aromatic N) is 3. The van der Waals surface area contributed by atoms with E-state index in [2.05, 4.69) is 24.4 Å². The Morgan fingerprint density at radius 2 is 1.73 bits per heavy atom. The standard InChI is InChI=1S/C21H25ClN4/c1-2-3-7-14-23-15-20-21(18-8-5-4-6-9-18)25-26(24-20)16-17-10-12-19(22)13-11-17/h4-6,8-13,23H,2-3,7,14-16H2,1H3. The van der Waals surface area contributed by atoms with E-state index in [1.807, 2.05) is 42.5 Å². The van der Waals surface area contributed by atoms with Gasteiger partial charge in [0.15, 0.2) is 0 Å². The highest BCUT2D eigenvalue weighted by Crippen LogP contribution is 2.20. The average molecular weight is 369 g/mol. The minimum absolute atomic E-state index is 0.632. The quantitative estimate of drug-likeness (QED) is 0.545. The third-order valence-electron chi connectivity index (χ3n) is 4.26. The molecule has 0 saturated heterocycles. The van der Waals surface area contributed by atoms with Gasteiger partial charge in [-0.05, 0) is 30.7 Å². The van der Waals surface area contributed by atoms with Crippen LogP contribution in [0, 0.1) is 0 Å². The van der Waals surface area contributed by atoms with Crippen LogP contribution in [0.1, 0.15) is 37.4 Å². The molecule has 0 saturated carbocycles. The Bertz CT molecular complexity index is 797. The van der Waals surface area contributed by atoms with E-state index >= 15 is 0 Å². The molecule has 3 rings (SSSR count). The first-order valence-electron chi connectivity index (χ1n) is 9.21. The second kappa shape index (κ2) is 9.51. The van der Waals surface area contributed by atoms with E-state index < -0.39 is 0 Å². The second-order valence-corrected chi connectivity index (χ2v) is 6.84. The van der Waals surface area contributed by atoms with Gasteiger partial charge < -0.3 is 5.32 Å². The van der Waals surface area contributed by atoms with Crippen molar-refractivity contribution in [3.05, 3.63) is 70.9 Å². The molecule has 0 aliphatic rings. The molecule has 1 aromatic heterocycles. The van der Waals surface area contributed by atoms with Crippen LogP contribution in [-0.4, -0.2) is 21.5 Å². The fourth-order valence-corrected chi connectivity index (χ4v) is 2.98. The summed E-state index contributed by atoms with van der Waals surface area (Å²) in [6, 6.07) is 18.1. The molecule has 4 nitrogen and oxygen atoms in total. The van der Waals surface area contributed by atoms with E-state index in [9.17, 15) is 0 Å². The minimum atomic E-state index is 0.632. The Labute approximate surface area is 160 Å². The number of rotatable bonds is 9. The first kappa shape index (κ1) is 18.6. The maximum absolute atomic E-state index is 5.97. The smallest absolute Gasteiger partial charge is 0.117 e. The maximum atomic E-state index is 5.97. The molecule has 0 aliphatic heterocycles. The topological polar surface area (TPSA) is 42.7 Å². The molecule has 2 aromatic carbocycles. The molecule has 0 fully saturated rings. The van der Waals surface area contributed by atoms with Gasteiger partial charge in [0.25, 0.3) is 0 Å². The first-order valence-corrected chi connectivity index (χ1v) is 9.58. The molecule has 136 valence electrons. The largest absolute Gasteiger partial charge is 0.311 e. The van der Waals surface area contributed by atoms with Crippen LogP contribution in [0.15, 0.2) is 54.6 Å². The van der Waals surface area contributed by atoms with Crippen LogP contribution in [0.5, 0.6) is 0 Å². The Hall–Kier alpha value is -2.17. The summed E-state index contributed by atoms with van der Waals surface area (Å²) >= 11 is 5.97. The molecule has 0 atom stereocenters. The van der Waals surface area contributed by atoms with Crippen molar-refractivity contribution in [3.8, 4) is 11.3 Å². The van der Waals surface area contributed by atoms with Crippen molar-refractivity contribution in [2.75, 3.05) is 6.54 Å². The second-order valence-electron chi connectivity index (χ2n) is 6.40. The number of hydrogen-bond acceptors (Lipinski definition) is 3. The summed E-state index contributed by atoms with van der Waals surface area (Å²) in [5, 5.41) is 13.7. The van der Waals surface area contributed by atoms with E-state index in [1.165, 1.54) is 19.3 Å². The van der Waals surface area contributed by atoms with Gasteiger partial charge in [-0.25, -0.2) is 0 Å². The van der Waals surface area contributed by atoms with Crippen molar-refractivity contribution in [2.45, 2.75) is 39.3 Å². The van der Waals surface area contributed by atoms with Gasteiger partial charge in [-0.1, -0.05) is 73.8 Å². The molecule has 0 spiro atoms. The van der Waals surface area contributed by atoms with Gasteiger partial charge in [-0.3, -0.25) is 0 Å². The van der Waals surface area contributed by atoms with E-state index in [4.69, 9.17) is 21.8 Å². The number of aromatic nitrogens is 3. The van der Waals surface area contributed by atoms with Crippen molar-refractivity contribution in [1.82, 2.24) is 20.3 Å². The Balaban J connectivity index is 1.76. The summed E-state index contributed by atoms with van der Waals surface area (Å²) in [6.07, 6.45) is 3.67. The van der Waals surface area contributed by atoms with Gasteiger partial charge in [0.2, 0.25) is 0 Å². The first-order chi connectivity index (χ1) is 12.8. The van der Waals surface area contributed by atoms with Crippen molar-refractivity contribution >= 4 is 11.6 Å². The summed E-state index contributed by atoms with van der Waals surface area (Å²) in [5.41, 5.74) is 4.16. The Morgan fingerprint density at radius 1 is 0.962 bits per heavy atom. The number of benzene rings is 2.